The predicted octanol–water partition coefficient (Wildman–Crippen LogP) is 2.74. The first-order valence-electron chi connectivity index (χ1n) is 13.1. The maximum Gasteiger partial charge on any atom is 0.253 e. The highest BCUT2D eigenvalue weighted by atomic mass is 16.2. The second-order valence-corrected chi connectivity index (χ2v) is 9.53. The zero-order valence-electron chi connectivity index (χ0n) is 22.7. The van der Waals surface area contributed by atoms with E-state index in [-0.39, 0.29) is 11.9 Å². The van der Waals surface area contributed by atoms with Gasteiger partial charge in [0, 0.05) is 62.3 Å². The third kappa shape index (κ3) is 6.55. The van der Waals surface area contributed by atoms with E-state index in [1.54, 1.807) is 30.3 Å². The fourth-order valence-corrected chi connectivity index (χ4v) is 4.60. The number of anilines is 1. The third-order valence-corrected chi connectivity index (χ3v) is 6.75. The number of primary amides is 1. The number of fused-ring (bicyclic) bond motifs is 1. The maximum atomic E-state index is 13.3. The van der Waals surface area contributed by atoms with Crippen LogP contribution in [0.4, 0.5) is 5.69 Å². The third-order valence-electron chi connectivity index (χ3n) is 6.75. The fraction of sp³-hybridized carbons (Fsp3) is 0.276. The Morgan fingerprint density at radius 3 is 2.52 bits per heavy atom. The Kier molecular flexibility index (Phi) is 8.95. The number of carbonyl (C=O) groups excluding carboxylic acids is 2. The SMILES string of the molecule is CNc1ccc(-c2nc3cc(C(=O)N(C)CCc4ccccn4)ccc3n2C(CCCNC(=N)N)C(N)=O)cc1. The lowest BCUT2D eigenvalue weighted by molar-refractivity contribution is -0.121. The number of benzene rings is 2. The largest absolute Gasteiger partial charge is 0.388 e. The van der Waals surface area contributed by atoms with Gasteiger partial charge in [-0.3, -0.25) is 20.0 Å². The predicted molar refractivity (Wildman–Crippen MR) is 157 cm³/mol. The van der Waals surface area contributed by atoms with Gasteiger partial charge in [0.15, 0.2) is 5.96 Å². The number of hydrogen-bond donors (Lipinski definition) is 5. The number of nitrogens with one attached hydrogen (secondary N) is 3. The number of rotatable bonds is 12. The minimum atomic E-state index is -0.694. The zero-order chi connectivity index (χ0) is 28.6. The molecule has 1 unspecified atom stereocenters. The smallest absolute Gasteiger partial charge is 0.253 e. The molecule has 2 heterocycles. The van der Waals surface area contributed by atoms with Gasteiger partial charge in [0.25, 0.3) is 5.91 Å². The summed E-state index contributed by atoms with van der Waals surface area (Å²) in [5.41, 5.74) is 15.7. The van der Waals surface area contributed by atoms with Crippen LogP contribution in [0.3, 0.4) is 0 Å². The minimum absolute atomic E-state index is 0.129. The van der Waals surface area contributed by atoms with Crippen molar-refractivity contribution in [2.24, 2.45) is 11.5 Å². The second-order valence-electron chi connectivity index (χ2n) is 9.53. The van der Waals surface area contributed by atoms with Gasteiger partial charge in [0.05, 0.1) is 11.0 Å². The van der Waals surface area contributed by atoms with Crippen LogP contribution >= 0.6 is 0 Å². The van der Waals surface area contributed by atoms with E-state index in [1.807, 2.05) is 60.1 Å². The van der Waals surface area contributed by atoms with Crippen LogP contribution in [0.2, 0.25) is 0 Å². The molecule has 7 N–H and O–H groups in total. The molecule has 11 nitrogen and oxygen atoms in total. The lowest BCUT2D eigenvalue weighted by Crippen LogP contribution is -2.32. The molecule has 4 aromatic rings. The van der Waals surface area contributed by atoms with Crippen LogP contribution in [0, 0.1) is 5.41 Å². The molecule has 0 saturated heterocycles. The number of likely N-dealkylation sites (N-methyl/N-ethyl adjacent to an activating group) is 1. The standard InChI is InChI=1S/C29H35N9O2/c1-33-21-11-8-19(9-12-21)27-36-23-18-20(28(40)37(2)17-14-22-6-3-4-15-34-22)10-13-24(23)38(27)25(26(30)39)7-5-16-35-29(31)32/h3-4,6,8-13,15,18,25,33H,5,7,14,16-17H2,1-2H3,(H2,30,39)(H4,31,32,35). The number of guanidine groups is 1. The van der Waals surface area contributed by atoms with Crippen LogP contribution in [0.15, 0.2) is 66.9 Å². The number of nitrogens with zero attached hydrogens (tertiary/aromatic N) is 4. The minimum Gasteiger partial charge on any atom is -0.388 e. The number of nitrogens with two attached hydrogens (primary N) is 2. The molecule has 0 spiro atoms. The summed E-state index contributed by atoms with van der Waals surface area (Å²) < 4.78 is 1.85. The number of amides is 2. The molecular weight excluding hydrogens is 506 g/mol. The molecule has 0 radical (unpaired) electrons. The average molecular weight is 542 g/mol. The van der Waals surface area contributed by atoms with Crippen molar-refractivity contribution in [3.63, 3.8) is 0 Å². The number of hydrogen-bond acceptors (Lipinski definition) is 6. The van der Waals surface area contributed by atoms with E-state index < -0.39 is 11.9 Å². The van der Waals surface area contributed by atoms with Crippen molar-refractivity contribution in [3.05, 3.63) is 78.1 Å². The number of aromatic nitrogens is 3. The molecule has 208 valence electrons. The van der Waals surface area contributed by atoms with E-state index in [4.69, 9.17) is 21.9 Å². The molecule has 0 aliphatic rings. The first-order chi connectivity index (χ1) is 19.3. The summed E-state index contributed by atoms with van der Waals surface area (Å²) in [5, 5.41) is 13.2. The van der Waals surface area contributed by atoms with Crippen molar-refractivity contribution in [2.75, 3.05) is 32.5 Å². The Bertz CT molecular complexity index is 1480. The Hall–Kier alpha value is -4.93. The van der Waals surface area contributed by atoms with Crippen molar-refractivity contribution < 1.29 is 9.59 Å². The molecule has 2 aromatic carbocycles. The highest BCUT2D eigenvalue weighted by Gasteiger charge is 2.25. The summed E-state index contributed by atoms with van der Waals surface area (Å²) in [7, 11) is 3.61. The first kappa shape index (κ1) is 28.1. The molecule has 0 fully saturated rings. The van der Waals surface area contributed by atoms with Crippen LogP contribution < -0.4 is 22.1 Å². The molecule has 0 saturated carbocycles. The summed E-state index contributed by atoms with van der Waals surface area (Å²) in [6, 6.07) is 18.1. The van der Waals surface area contributed by atoms with Crippen LogP contribution in [-0.4, -0.2) is 64.4 Å². The van der Waals surface area contributed by atoms with E-state index in [1.165, 1.54) is 0 Å². The van der Waals surface area contributed by atoms with Crippen LogP contribution in [0.25, 0.3) is 22.4 Å². The Labute approximate surface area is 233 Å². The first-order valence-corrected chi connectivity index (χ1v) is 13.1. The van der Waals surface area contributed by atoms with Crippen LogP contribution in [0.1, 0.15) is 34.9 Å². The van der Waals surface area contributed by atoms with Crippen molar-refractivity contribution in [1.29, 1.82) is 5.41 Å². The Morgan fingerprint density at radius 1 is 1.10 bits per heavy atom. The van der Waals surface area contributed by atoms with Gasteiger partial charge >= 0.3 is 0 Å². The highest BCUT2D eigenvalue weighted by Crippen LogP contribution is 2.32. The van der Waals surface area contributed by atoms with Crippen molar-refractivity contribution in [2.45, 2.75) is 25.3 Å². The van der Waals surface area contributed by atoms with Gasteiger partial charge in [-0.05, 0) is 67.4 Å². The molecule has 0 aliphatic carbocycles. The molecule has 1 atom stereocenters. The van der Waals surface area contributed by atoms with Gasteiger partial charge in [0.2, 0.25) is 5.91 Å². The highest BCUT2D eigenvalue weighted by molar-refractivity contribution is 5.98. The van der Waals surface area contributed by atoms with Crippen LogP contribution in [0.5, 0.6) is 0 Å². The lowest BCUT2D eigenvalue weighted by Gasteiger charge is -2.20. The van der Waals surface area contributed by atoms with E-state index in [2.05, 4.69) is 15.6 Å². The number of carbonyl (C=O) groups is 2. The molecule has 11 heteroatoms. The molecule has 0 bridgehead atoms. The number of imidazole rings is 1. The van der Waals surface area contributed by atoms with E-state index >= 15 is 0 Å². The summed E-state index contributed by atoms with van der Waals surface area (Å²) in [6.45, 7) is 0.949. The van der Waals surface area contributed by atoms with Gasteiger partial charge in [-0.2, -0.15) is 0 Å². The van der Waals surface area contributed by atoms with E-state index in [0.29, 0.717) is 54.8 Å². The normalized spacial score (nSPS) is 11.7. The topological polar surface area (TPSA) is 168 Å². The van der Waals surface area contributed by atoms with Crippen LogP contribution in [-0.2, 0) is 11.2 Å². The Morgan fingerprint density at radius 2 is 1.88 bits per heavy atom. The molecule has 40 heavy (non-hydrogen) atoms. The molecular formula is C29H35N9O2. The monoisotopic (exact) mass is 541 g/mol. The molecule has 0 aliphatic heterocycles. The van der Waals surface area contributed by atoms with Crippen molar-refractivity contribution in [1.82, 2.24) is 24.8 Å². The number of pyridine rings is 1. The quantitative estimate of drug-likeness (QED) is 0.104. The summed E-state index contributed by atoms with van der Waals surface area (Å²) in [6.07, 6.45) is 3.36. The summed E-state index contributed by atoms with van der Waals surface area (Å²) in [5.74, 6) is -0.177. The van der Waals surface area contributed by atoms with Gasteiger partial charge in [-0.25, -0.2) is 4.98 Å². The molecule has 2 aromatic heterocycles. The zero-order valence-corrected chi connectivity index (χ0v) is 22.7. The summed E-state index contributed by atoms with van der Waals surface area (Å²) >= 11 is 0. The average Bonchev–Trinajstić information content (AvgIpc) is 3.34. The van der Waals surface area contributed by atoms with E-state index in [9.17, 15) is 9.59 Å². The maximum absolute atomic E-state index is 13.3. The van der Waals surface area contributed by atoms with Gasteiger partial charge in [0.1, 0.15) is 11.9 Å². The van der Waals surface area contributed by atoms with Gasteiger partial charge in [-0.15, -0.1) is 0 Å². The fourth-order valence-electron chi connectivity index (χ4n) is 4.60. The Balaban J connectivity index is 1.68. The van der Waals surface area contributed by atoms with E-state index in [0.717, 1.165) is 16.9 Å². The molecule has 4 rings (SSSR count). The van der Waals surface area contributed by atoms with Gasteiger partial charge in [-0.1, -0.05) is 6.07 Å². The summed E-state index contributed by atoms with van der Waals surface area (Å²) in [4.78, 5) is 36.9. The van der Waals surface area contributed by atoms with Crippen molar-refractivity contribution in [3.8, 4) is 11.4 Å². The lowest BCUT2D eigenvalue weighted by atomic mass is 10.1. The van der Waals surface area contributed by atoms with Crippen molar-refractivity contribution >= 4 is 34.5 Å². The van der Waals surface area contributed by atoms with Gasteiger partial charge < -0.3 is 31.6 Å². The molecule has 2 amide bonds. The second kappa shape index (κ2) is 12.7.